The summed E-state index contributed by atoms with van der Waals surface area (Å²) < 4.78 is 9.67. The summed E-state index contributed by atoms with van der Waals surface area (Å²) in [6.45, 7) is -0.342. The van der Waals surface area contributed by atoms with Crippen molar-refractivity contribution in [1.29, 1.82) is 0 Å². The molecular weight excluding hydrogens is 1090 g/mol. The van der Waals surface area contributed by atoms with E-state index in [4.69, 9.17) is 4.74 Å². The number of ether oxygens (including phenoxy) is 1. The molecule has 3 aliphatic rings. The SMILES string of the molecule is c1ccc(Nc2ccccc2B2c3ccc(N(c4ccccc4)c4ccccc4)cc3N(c3cc4c(cc3-c3ccccc3)sc3ccccc34)c3cc4c(cc32)B2c3ccccc3Oc3cc(N(c5ccccc5)c5ccccc5)cc(c32)S4)cc1. The van der Waals surface area contributed by atoms with Crippen molar-refractivity contribution in [3.63, 3.8) is 0 Å². The zero-order valence-corrected chi connectivity index (χ0v) is 48.8. The molecule has 0 radical (unpaired) electrons. The lowest BCUT2D eigenvalue weighted by molar-refractivity contribution is 0.486. The minimum atomic E-state index is -0.223. The van der Waals surface area contributed by atoms with E-state index in [1.54, 1.807) is 0 Å². The van der Waals surface area contributed by atoms with Crippen molar-refractivity contribution < 1.29 is 4.74 Å². The van der Waals surface area contributed by atoms with Gasteiger partial charge in [-0.3, -0.25) is 0 Å². The van der Waals surface area contributed by atoms with E-state index in [9.17, 15) is 0 Å². The Labute approximate surface area is 515 Å². The third kappa shape index (κ3) is 8.80. The number of benzene rings is 13. The number of rotatable bonds is 11. The van der Waals surface area contributed by atoms with Gasteiger partial charge < -0.3 is 24.8 Å². The first-order valence-corrected chi connectivity index (χ1v) is 31.3. The highest BCUT2D eigenvalue weighted by Crippen LogP contribution is 2.50. The molecule has 3 aliphatic heterocycles. The summed E-state index contributed by atoms with van der Waals surface area (Å²) in [5.74, 6) is 1.75. The molecule has 0 amide bonds. The molecule has 14 aromatic rings. The molecule has 0 aliphatic carbocycles. The first kappa shape index (κ1) is 51.0. The molecule has 13 aromatic carbocycles. The summed E-state index contributed by atoms with van der Waals surface area (Å²) in [6, 6.07) is 113. The fourth-order valence-electron chi connectivity index (χ4n) is 13.6. The summed E-state index contributed by atoms with van der Waals surface area (Å²) in [4.78, 5) is 9.75. The number of hydrogen-bond donors (Lipinski definition) is 1. The van der Waals surface area contributed by atoms with Crippen LogP contribution in [0.3, 0.4) is 0 Å². The van der Waals surface area contributed by atoms with Crippen LogP contribution >= 0.6 is 23.1 Å². The highest BCUT2D eigenvalue weighted by atomic mass is 32.2. The van der Waals surface area contributed by atoms with E-state index in [2.05, 4.69) is 329 Å². The van der Waals surface area contributed by atoms with E-state index in [1.807, 2.05) is 23.1 Å². The van der Waals surface area contributed by atoms with Crippen LogP contribution in [-0.2, 0) is 0 Å². The Morgan fingerprint density at radius 3 is 1.61 bits per heavy atom. The summed E-state index contributed by atoms with van der Waals surface area (Å²) in [6.07, 6.45) is 0. The molecule has 0 fully saturated rings. The molecule has 0 saturated heterocycles. The summed E-state index contributed by atoms with van der Waals surface area (Å²) in [5, 5.41) is 6.42. The van der Waals surface area contributed by atoms with Gasteiger partial charge in [0, 0.05) is 92.8 Å². The average molecular weight is 1150 g/mol. The van der Waals surface area contributed by atoms with E-state index in [-0.39, 0.29) is 13.4 Å². The van der Waals surface area contributed by atoms with Crippen LogP contribution in [0.15, 0.2) is 319 Å². The van der Waals surface area contributed by atoms with Crippen LogP contribution in [0.25, 0.3) is 31.3 Å². The van der Waals surface area contributed by atoms with Crippen LogP contribution < -0.4 is 57.5 Å². The number of anilines is 11. The molecular formula is C78H52B2N4OS2. The lowest BCUT2D eigenvalue weighted by Crippen LogP contribution is -2.62. The number of hydrogen-bond acceptors (Lipinski definition) is 7. The second-order valence-electron chi connectivity index (χ2n) is 22.4. The topological polar surface area (TPSA) is 31.0 Å². The summed E-state index contributed by atoms with van der Waals surface area (Å²) in [5.41, 5.74) is 21.4. The lowest BCUT2D eigenvalue weighted by Gasteiger charge is -2.41. The molecule has 1 N–H and O–H groups in total. The highest BCUT2D eigenvalue weighted by molar-refractivity contribution is 8.00. The predicted octanol–water partition coefficient (Wildman–Crippen LogP) is 17.8. The second kappa shape index (κ2) is 21.3. The first-order valence-electron chi connectivity index (χ1n) is 29.6. The Kier molecular flexibility index (Phi) is 12.5. The zero-order chi connectivity index (χ0) is 57.4. The van der Waals surface area contributed by atoms with Gasteiger partial charge in [0.1, 0.15) is 11.5 Å². The molecule has 87 heavy (non-hydrogen) atoms. The van der Waals surface area contributed by atoms with Gasteiger partial charge in [0.2, 0.25) is 6.71 Å². The van der Waals surface area contributed by atoms with Gasteiger partial charge in [0.05, 0.1) is 11.4 Å². The first-order chi connectivity index (χ1) is 43.1. The maximum atomic E-state index is 7.15. The minimum Gasteiger partial charge on any atom is -0.458 e. The van der Waals surface area contributed by atoms with Crippen molar-refractivity contribution in [2.75, 3.05) is 20.0 Å². The van der Waals surface area contributed by atoms with Crippen LogP contribution in [0, 0.1) is 0 Å². The molecule has 4 heterocycles. The predicted molar refractivity (Wildman–Crippen MR) is 371 cm³/mol. The molecule has 9 heteroatoms. The van der Waals surface area contributed by atoms with E-state index in [0.717, 1.165) is 90.6 Å². The quantitative estimate of drug-likeness (QED) is 0.130. The number of fused-ring (bicyclic) bond motifs is 9. The maximum absolute atomic E-state index is 7.15. The number of nitrogens with zero attached hydrogens (tertiary/aromatic N) is 3. The molecule has 1 aromatic heterocycles. The second-order valence-corrected chi connectivity index (χ2v) is 24.6. The van der Waals surface area contributed by atoms with E-state index >= 15 is 0 Å². The van der Waals surface area contributed by atoms with Gasteiger partial charge in [-0.2, -0.15) is 0 Å². The summed E-state index contributed by atoms with van der Waals surface area (Å²) >= 11 is 3.72. The largest absolute Gasteiger partial charge is 0.458 e. The van der Waals surface area contributed by atoms with Crippen molar-refractivity contribution in [2.24, 2.45) is 0 Å². The number of thiophene rings is 1. The molecule has 0 bridgehead atoms. The lowest BCUT2D eigenvalue weighted by atomic mass is 9.32. The van der Waals surface area contributed by atoms with Crippen molar-refractivity contribution in [3.05, 3.63) is 309 Å². The summed E-state index contributed by atoms with van der Waals surface area (Å²) in [7, 11) is 0. The van der Waals surface area contributed by atoms with Crippen LogP contribution in [0.5, 0.6) is 11.5 Å². The van der Waals surface area contributed by atoms with Crippen molar-refractivity contribution in [2.45, 2.75) is 9.79 Å². The van der Waals surface area contributed by atoms with E-state index < -0.39 is 0 Å². The fraction of sp³-hybridized carbons (Fsp3) is 0. The van der Waals surface area contributed by atoms with E-state index in [1.165, 1.54) is 57.3 Å². The molecule has 0 unspecified atom stereocenters. The van der Waals surface area contributed by atoms with Crippen LogP contribution in [-0.4, -0.2) is 13.4 Å². The van der Waals surface area contributed by atoms with Crippen LogP contribution in [0.4, 0.5) is 62.6 Å². The Bertz CT molecular complexity index is 4860. The van der Waals surface area contributed by atoms with Crippen molar-refractivity contribution in [1.82, 2.24) is 0 Å². The number of para-hydroxylation sites is 7. The molecule has 17 rings (SSSR count). The zero-order valence-electron chi connectivity index (χ0n) is 47.2. The Morgan fingerprint density at radius 1 is 0.345 bits per heavy atom. The molecule has 0 spiro atoms. The Balaban J connectivity index is 0.970. The highest BCUT2D eigenvalue weighted by Gasteiger charge is 2.44. The van der Waals surface area contributed by atoms with Gasteiger partial charge >= 0.3 is 0 Å². The maximum Gasteiger partial charge on any atom is 0.253 e. The standard InChI is InChI=1S/C78H52B2N4OS2/c1-7-25-52(26-8-1)61-49-75-62(60-37-19-24-42-74(60)86-75)48-69(61)84-70-45-58(82(54-29-11-3-12-30-54)55-31-13-4-14-32-55)43-44-64(70)79(63-38-20-22-40-68(63)81-53-27-9-2-10-28-53)66-50-67-76(51-71(66)84)87-77-47-59(46-73-78(77)80(67)65-39-21-23-41-72(65)85-73)83(56-33-15-5-16-34-56)57-35-17-6-18-36-57/h1-51,81H. The third-order valence-electron chi connectivity index (χ3n) is 17.4. The fourth-order valence-corrected chi connectivity index (χ4v) is 15.9. The third-order valence-corrected chi connectivity index (χ3v) is 19.6. The van der Waals surface area contributed by atoms with Gasteiger partial charge in [-0.15, -0.1) is 11.3 Å². The van der Waals surface area contributed by atoms with Crippen molar-refractivity contribution >= 4 is 152 Å². The van der Waals surface area contributed by atoms with Gasteiger partial charge in [-0.1, -0.05) is 205 Å². The minimum absolute atomic E-state index is 0.119. The Morgan fingerprint density at radius 2 is 0.920 bits per heavy atom. The molecule has 0 saturated carbocycles. The van der Waals surface area contributed by atoms with Gasteiger partial charge in [-0.05, 0) is 148 Å². The number of nitrogens with one attached hydrogen (secondary N) is 1. The van der Waals surface area contributed by atoms with Gasteiger partial charge in [0.25, 0.3) is 6.71 Å². The normalized spacial score (nSPS) is 12.6. The molecule has 408 valence electrons. The van der Waals surface area contributed by atoms with E-state index in [0.29, 0.717) is 0 Å². The van der Waals surface area contributed by atoms with Gasteiger partial charge in [0.15, 0.2) is 0 Å². The van der Waals surface area contributed by atoms with Crippen LogP contribution in [0.2, 0.25) is 0 Å². The van der Waals surface area contributed by atoms with Gasteiger partial charge in [-0.25, -0.2) is 0 Å². The van der Waals surface area contributed by atoms with Crippen LogP contribution in [0.1, 0.15) is 0 Å². The smallest absolute Gasteiger partial charge is 0.253 e. The Hall–Kier alpha value is -10.4. The molecule has 5 nitrogen and oxygen atoms in total. The average Bonchev–Trinajstić information content (AvgIpc) is 0.974. The molecule has 0 atom stereocenters. The monoisotopic (exact) mass is 1150 g/mol. The van der Waals surface area contributed by atoms with Crippen molar-refractivity contribution in [3.8, 4) is 22.6 Å².